The number of hydrogen-bond donors (Lipinski definition) is 2. The molecule has 12 atom stereocenters. The molecule has 3 unspecified atom stereocenters. The summed E-state index contributed by atoms with van der Waals surface area (Å²) in [4.78, 5) is 0. The normalized spacial score (nSPS) is 62.5. The Morgan fingerprint density at radius 1 is 0.867 bits per heavy atom. The Labute approximate surface area is 184 Å². The zero-order valence-corrected chi connectivity index (χ0v) is 19.8. The van der Waals surface area contributed by atoms with Crippen LogP contribution >= 0.6 is 0 Å². The highest BCUT2D eigenvalue weighted by Crippen LogP contribution is 2.71. The molecule has 2 heterocycles. The van der Waals surface area contributed by atoms with Crippen LogP contribution in [0.25, 0.3) is 0 Å². The van der Waals surface area contributed by atoms with Gasteiger partial charge in [0.25, 0.3) is 0 Å². The number of hydrogen-bond acceptors (Lipinski definition) is 3. The van der Waals surface area contributed by atoms with Gasteiger partial charge in [0.1, 0.15) is 5.72 Å². The van der Waals surface area contributed by atoms with Crippen LogP contribution < -0.4 is 5.32 Å². The van der Waals surface area contributed by atoms with Crippen LogP contribution in [0.5, 0.6) is 0 Å². The second kappa shape index (κ2) is 6.70. The van der Waals surface area contributed by atoms with Gasteiger partial charge in [0.15, 0.2) is 0 Å². The van der Waals surface area contributed by atoms with Gasteiger partial charge in [0.2, 0.25) is 0 Å². The average molecular weight is 416 g/mol. The Kier molecular flexibility index (Phi) is 4.58. The lowest BCUT2D eigenvalue weighted by molar-refractivity contribution is -0.140. The molecule has 2 N–H and O–H groups in total. The molecule has 0 aromatic rings. The Balaban J connectivity index is 1.26. The van der Waals surface area contributed by atoms with Gasteiger partial charge in [-0.25, -0.2) is 0 Å². The minimum absolute atomic E-state index is 0.0319. The summed E-state index contributed by atoms with van der Waals surface area (Å²) in [5.74, 6) is 5.57. The lowest BCUT2D eigenvalue weighted by Crippen LogP contribution is -2.57. The number of aliphatic hydroxyl groups is 1. The molecule has 0 aromatic carbocycles. The first kappa shape index (κ1) is 20.5. The van der Waals surface area contributed by atoms with E-state index in [4.69, 9.17) is 4.74 Å². The van der Waals surface area contributed by atoms with E-state index < -0.39 is 0 Å². The van der Waals surface area contributed by atoms with Gasteiger partial charge in [-0.1, -0.05) is 27.7 Å². The standard InChI is InChI=1S/C27H45NO2/c1-16-7-12-27(28-15-16)17(2)24-23(30-27)14-22-20-6-5-18-13-19(29)8-10-25(18,3)21(20)9-11-26(22,24)4/h16-24,28-29H,5-15H2,1-4H3/t16-,17?,18-,19-,20+,21-,22-,23?,24?,25-,26-,27-/m0/s1. The molecule has 2 aliphatic heterocycles. The zero-order valence-electron chi connectivity index (χ0n) is 19.8. The van der Waals surface area contributed by atoms with Crippen molar-refractivity contribution in [2.45, 2.75) is 110 Å². The second-order valence-electron chi connectivity index (χ2n) is 13.3. The molecule has 0 radical (unpaired) electrons. The molecule has 0 amide bonds. The number of rotatable bonds is 0. The maximum atomic E-state index is 10.3. The van der Waals surface area contributed by atoms with E-state index in [1.54, 1.807) is 0 Å². The van der Waals surface area contributed by atoms with E-state index in [9.17, 15) is 5.11 Å². The van der Waals surface area contributed by atoms with Gasteiger partial charge in [0.05, 0.1) is 12.2 Å². The van der Waals surface area contributed by atoms with Gasteiger partial charge in [-0.05, 0) is 111 Å². The largest absolute Gasteiger partial charge is 0.393 e. The molecule has 30 heavy (non-hydrogen) atoms. The van der Waals surface area contributed by atoms with Crippen LogP contribution in [0.3, 0.4) is 0 Å². The highest BCUT2D eigenvalue weighted by atomic mass is 16.5. The second-order valence-corrected chi connectivity index (χ2v) is 13.3. The molecule has 6 aliphatic rings. The van der Waals surface area contributed by atoms with E-state index in [0.717, 1.165) is 54.9 Å². The van der Waals surface area contributed by atoms with Crippen molar-refractivity contribution < 1.29 is 9.84 Å². The average Bonchev–Trinajstić information content (AvgIpc) is 3.16. The van der Waals surface area contributed by atoms with E-state index in [1.165, 1.54) is 51.4 Å². The van der Waals surface area contributed by atoms with Crippen molar-refractivity contribution >= 4 is 0 Å². The van der Waals surface area contributed by atoms with E-state index in [2.05, 4.69) is 33.0 Å². The summed E-state index contributed by atoms with van der Waals surface area (Å²) >= 11 is 0. The first-order valence-electron chi connectivity index (χ1n) is 13.4. The third-order valence-corrected chi connectivity index (χ3v) is 12.1. The molecule has 6 fully saturated rings. The van der Waals surface area contributed by atoms with E-state index in [-0.39, 0.29) is 11.8 Å². The molecule has 4 aliphatic carbocycles. The van der Waals surface area contributed by atoms with Gasteiger partial charge in [-0.15, -0.1) is 0 Å². The molecular weight excluding hydrogens is 370 g/mol. The van der Waals surface area contributed by atoms with Crippen LogP contribution in [0.15, 0.2) is 0 Å². The van der Waals surface area contributed by atoms with E-state index in [1.807, 2.05) is 0 Å². The van der Waals surface area contributed by atoms with Gasteiger partial charge in [-0.2, -0.15) is 0 Å². The van der Waals surface area contributed by atoms with Crippen molar-refractivity contribution in [3.8, 4) is 0 Å². The van der Waals surface area contributed by atoms with Crippen LogP contribution in [-0.4, -0.2) is 29.6 Å². The number of ether oxygens (including phenoxy) is 1. The minimum atomic E-state index is -0.0320. The topological polar surface area (TPSA) is 41.5 Å². The monoisotopic (exact) mass is 415 g/mol. The quantitative estimate of drug-likeness (QED) is 0.559. The Bertz CT molecular complexity index is 686. The number of nitrogens with one attached hydrogen (secondary N) is 1. The van der Waals surface area contributed by atoms with Crippen molar-refractivity contribution in [1.29, 1.82) is 0 Å². The molecular formula is C27H45NO2. The van der Waals surface area contributed by atoms with Crippen molar-refractivity contribution in [2.24, 2.45) is 52.3 Å². The fraction of sp³-hybridized carbons (Fsp3) is 1.00. The Morgan fingerprint density at radius 3 is 2.43 bits per heavy atom. The molecule has 0 bridgehead atoms. The Hall–Kier alpha value is -0.120. The highest BCUT2D eigenvalue weighted by molar-refractivity contribution is 5.16. The van der Waals surface area contributed by atoms with Gasteiger partial charge in [-0.3, -0.25) is 5.32 Å². The van der Waals surface area contributed by atoms with Crippen LogP contribution in [0.4, 0.5) is 0 Å². The molecule has 4 saturated carbocycles. The lowest BCUT2D eigenvalue weighted by atomic mass is 9.44. The van der Waals surface area contributed by atoms with Crippen molar-refractivity contribution in [3.63, 3.8) is 0 Å². The summed E-state index contributed by atoms with van der Waals surface area (Å²) in [6.07, 6.45) is 13.2. The third kappa shape index (κ3) is 2.61. The number of aliphatic hydroxyl groups excluding tert-OH is 1. The van der Waals surface area contributed by atoms with Gasteiger partial charge >= 0.3 is 0 Å². The SMILES string of the molecule is CC1C2C(C[C@H]3[C@@H]4CC[C@H]5C[C@@H](O)CC[C@]5(C)[C@H]4CC[C@]23C)O[C@@]12CC[C@H](C)CN2. The Morgan fingerprint density at radius 2 is 1.67 bits per heavy atom. The maximum absolute atomic E-state index is 10.3. The number of fused-ring (bicyclic) bond motifs is 7. The summed E-state index contributed by atoms with van der Waals surface area (Å²) < 4.78 is 7.01. The fourth-order valence-corrected chi connectivity index (χ4v) is 10.4. The lowest BCUT2D eigenvalue weighted by Gasteiger charge is -2.61. The molecule has 2 saturated heterocycles. The van der Waals surface area contributed by atoms with E-state index >= 15 is 0 Å². The summed E-state index contributed by atoms with van der Waals surface area (Å²) in [5, 5.41) is 14.2. The van der Waals surface area contributed by atoms with Crippen LogP contribution in [0.2, 0.25) is 0 Å². The zero-order chi connectivity index (χ0) is 20.9. The first-order chi connectivity index (χ1) is 14.3. The molecule has 170 valence electrons. The minimum Gasteiger partial charge on any atom is -0.393 e. The molecule has 3 nitrogen and oxygen atoms in total. The fourth-order valence-electron chi connectivity index (χ4n) is 10.4. The molecule has 0 aromatic heterocycles. The maximum Gasteiger partial charge on any atom is 0.122 e. The molecule has 1 spiro atoms. The van der Waals surface area contributed by atoms with Crippen LogP contribution in [0.1, 0.15) is 91.9 Å². The smallest absolute Gasteiger partial charge is 0.122 e. The summed E-state index contributed by atoms with van der Waals surface area (Å²) in [6, 6.07) is 0. The third-order valence-electron chi connectivity index (χ3n) is 12.1. The number of piperidine rings is 1. The summed E-state index contributed by atoms with van der Waals surface area (Å²) in [7, 11) is 0. The van der Waals surface area contributed by atoms with Gasteiger partial charge < -0.3 is 9.84 Å². The first-order valence-corrected chi connectivity index (χ1v) is 13.4. The van der Waals surface area contributed by atoms with Crippen LogP contribution in [-0.2, 0) is 4.74 Å². The van der Waals surface area contributed by atoms with Crippen molar-refractivity contribution in [1.82, 2.24) is 5.32 Å². The van der Waals surface area contributed by atoms with E-state index in [0.29, 0.717) is 22.9 Å². The van der Waals surface area contributed by atoms with Crippen molar-refractivity contribution in [2.75, 3.05) is 6.54 Å². The van der Waals surface area contributed by atoms with Crippen LogP contribution in [0, 0.1) is 52.3 Å². The summed E-state index contributed by atoms with van der Waals surface area (Å²) in [5.41, 5.74) is 0.919. The molecule has 6 rings (SSSR count). The van der Waals surface area contributed by atoms with Gasteiger partial charge in [0, 0.05) is 12.5 Å². The predicted octanol–water partition coefficient (Wildman–Crippen LogP) is 5.37. The highest BCUT2D eigenvalue weighted by Gasteiger charge is 2.68. The predicted molar refractivity (Wildman–Crippen MR) is 120 cm³/mol. The summed E-state index contributed by atoms with van der Waals surface area (Å²) in [6.45, 7) is 11.3. The van der Waals surface area contributed by atoms with Crippen molar-refractivity contribution in [3.05, 3.63) is 0 Å². The molecule has 3 heteroatoms.